The summed E-state index contributed by atoms with van der Waals surface area (Å²) in [7, 11) is 0. The Morgan fingerprint density at radius 2 is 2.16 bits per heavy atom. The molecule has 1 heterocycles. The van der Waals surface area contributed by atoms with Gasteiger partial charge in [-0.15, -0.1) is 0 Å². The van der Waals surface area contributed by atoms with E-state index in [1.807, 2.05) is 18.2 Å². The molecule has 2 rings (SSSR count). The van der Waals surface area contributed by atoms with E-state index < -0.39 is 6.04 Å². The van der Waals surface area contributed by atoms with Crippen molar-refractivity contribution in [3.8, 4) is 0 Å². The normalized spacial score (nSPS) is 12.4. The highest BCUT2D eigenvalue weighted by molar-refractivity contribution is 5.32. The number of nitrogens with two attached hydrogens (primary N) is 1. The van der Waals surface area contributed by atoms with Gasteiger partial charge >= 0.3 is 0 Å². The molecule has 3 N–H and O–H groups in total. The number of hydrogen-bond donors (Lipinski definition) is 2. The van der Waals surface area contributed by atoms with Crippen LogP contribution in [0.4, 0.5) is 4.39 Å². The molecule has 0 aliphatic heterocycles. The molecular formula is C15H18FN3. The van der Waals surface area contributed by atoms with Crippen LogP contribution in [0.25, 0.3) is 0 Å². The lowest BCUT2D eigenvalue weighted by atomic mass is 9.99. The Morgan fingerprint density at radius 1 is 1.32 bits per heavy atom. The molecule has 100 valence electrons. The van der Waals surface area contributed by atoms with Gasteiger partial charge in [0.25, 0.3) is 0 Å². The van der Waals surface area contributed by atoms with Crippen LogP contribution in [0.15, 0.2) is 42.6 Å². The highest BCUT2D eigenvalue weighted by atomic mass is 19.1. The van der Waals surface area contributed by atoms with Crippen molar-refractivity contribution in [3.05, 3.63) is 65.2 Å². The summed E-state index contributed by atoms with van der Waals surface area (Å²) in [4.78, 5) is 4.08. The van der Waals surface area contributed by atoms with Gasteiger partial charge in [-0.25, -0.2) is 9.82 Å². The fourth-order valence-corrected chi connectivity index (χ4v) is 2.16. The smallest absolute Gasteiger partial charge is 0.146 e. The van der Waals surface area contributed by atoms with E-state index in [1.165, 1.54) is 11.6 Å². The van der Waals surface area contributed by atoms with E-state index in [4.69, 9.17) is 5.84 Å². The third-order valence-corrected chi connectivity index (χ3v) is 3.05. The monoisotopic (exact) mass is 259 g/mol. The number of rotatable bonds is 5. The zero-order valence-corrected chi connectivity index (χ0v) is 10.9. The molecule has 0 saturated carbocycles. The van der Waals surface area contributed by atoms with Crippen molar-refractivity contribution in [2.24, 2.45) is 5.84 Å². The van der Waals surface area contributed by atoms with Crippen LogP contribution in [0.2, 0.25) is 0 Å². The van der Waals surface area contributed by atoms with Crippen LogP contribution in [-0.2, 0) is 6.42 Å². The second-order valence-electron chi connectivity index (χ2n) is 4.47. The van der Waals surface area contributed by atoms with Crippen LogP contribution in [-0.4, -0.2) is 4.98 Å². The largest absolute Gasteiger partial charge is 0.271 e. The Labute approximate surface area is 112 Å². The molecule has 3 nitrogen and oxygen atoms in total. The Kier molecular flexibility index (Phi) is 4.60. The van der Waals surface area contributed by atoms with Crippen LogP contribution < -0.4 is 11.3 Å². The van der Waals surface area contributed by atoms with E-state index in [0.717, 1.165) is 18.4 Å². The van der Waals surface area contributed by atoms with E-state index >= 15 is 0 Å². The van der Waals surface area contributed by atoms with Crippen molar-refractivity contribution >= 4 is 0 Å². The number of aryl methyl sites for hydroxylation is 1. The molecule has 0 spiro atoms. The molecule has 2 aromatic rings. The summed E-state index contributed by atoms with van der Waals surface area (Å²) < 4.78 is 13.8. The molecule has 0 saturated heterocycles. The molecule has 0 bridgehead atoms. The summed E-state index contributed by atoms with van der Waals surface area (Å²) in [6.45, 7) is 2.13. The maximum Gasteiger partial charge on any atom is 0.146 e. The van der Waals surface area contributed by atoms with Crippen molar-refractivity contribution in [2.45, 2.75) is 25.8 Å². The summed E-state index contributed by atoms with van der Waals surface area (Å²) >= 11 is 0. The molecule has 1 atom stereocenters. The quantitative estimate of drug-likeness (QED) is 0.641. The Hall–Kier alpha value is -1.78. The minimum Gasteiger partial charge on any atom is -0.271 e. The molecule has 0 aliphatic rings. The van der Waals surface area contributed by atoms with Gasteiger partial charge in [0.05, 0.1) is 11.7 Å². The van der Waals surface area contributed by atoms with Gasteiger partial charge in [-0.3, -0.25) is 10.8 Å². The number of aromatic nitrogens is 1. The molecule has 1 aromatic heterocycles. The Bertz CT molecular complexity index is 542. The van der Waals surface area contributed by atoms with Crippen LogP contribution in [0.1, 0.15) is 36.2 Å². The molecule has 1 aromatic carbocycles. The summed E-state index contributed by atoms with van der Waals surface area (Å²) in [5.74, 6) is 5.22. The van der Waals surface area contributed by atoms with Gasteiger partial charge in [0.15, 0.2) is 0 Å². The minimum atomic E-state index is -0.432. The van der Waals surface area contributed by atoms with Crippen molar-refractivity contribution < 1.29 is 4.39 Å². The molecule has 19 heavy (non-hydrogen) atoms. The maximum atomic E-state index is 13.8. The van der Waals surface area contributed by atoms with Gasteiger partial charge in [-0.1, -0.05) is 37.6 Å². The zero-order chi connectivity index (χ0) is 13.7. The lowest BCUT2D eigenvalue weighted by molar-refractivity contribution is 0.543. The first-order valence-electron chi connectivity index (χ1n) is 6.41. The molecule has 0 fully saturated rings. The number of hydrazine groups is 1. The highest BCUT2D eigenvalue weighted by Crippen LogP contribution is 2.22. The van der Waals surface area contributed by atoms with E-state index in [-0.39, 0.29) is 5.82 Å². The summed E-state index contributed by atoms with van der Waals surface area (Å²) in [6, 6.07) is 10.5. The number of nitrogens with one attached hydrogen (secondary N) is 1. The van der Waals surface area contributed by atoms with Crippen molar-refractivity contribution in [1.82, 2.24) is 10.4 Å². The summed E-state index contributed by atoms with van der Waals surface area (Å²) in [6.07, 6.45) is 3.64. The summed E-state index contributed by atoms with van der Waals surface area (Å²) in [5.41, 5.74) is 5.10. The van der Waals surface area contributed by atoms with Gasteiger partial charge in [0.1, 0.15) is 5.82 Å². The number of halogens is 1. The van der Waals surface area contributed by atoms with E-state index in [2.05, 4.69) is 23.4 Å². The SMILES string of the molecule is CCCc1cccc(C(NN)c2ncccc2F)c1. The highest BCUT2D eigenvalue weighted by Gasteiger charge is 2.17. The van der Waals surface area contributed by atoms with E-state index in [1.54, 1.807) is 12.3 Å². The summed E-state index contributed by atoms with van der Waals surface area (Å²) in [5, 5.41) is 0. The van der Waals surface area contributed by atoms with Crippen LogP contribution >= 0.6 is 0 Å². The second-order valence-corrected chi connectivity index (χ2v) is 4.47. The van der Waals surface area contributed by atoms with Crippen molar-refractivity contribution in [3.63, 3.8) is 0 Å². The molecule has 0 aliphatic carbocycles. The van der Waals surface area contributed by atoms with Gasteiger partial charge < -0.3 is 0 Å². The molecular weight excluding hydrogens is 241 g/mol. The minimum absolute atomic E-state index is 0.318. The third kappa shape index (κ3) is 3.16. The van der Waals surface area contributed by atoms with Crippen LogP contribution in [0, 0.1) is 5.82 Å². The standard InChI is InChI=1S/C15H18FN3/c1-2-5-11-6-3-7-12(10-11)14(19-17)15-13(16)8-4-9-18-15/h3-4,6-10,14,19H,2,5,17H2,1H3. The van der Waals surface area contributed by atoms with Gasteiger partial charge in [0, 0.05) is 6.20 Å². The molecule has 0 radical (unpaired) electrons. The molecule has 1 unspecified atom stereocenters. The fraction of sp³-hybridized carbons (Fsp3) is 0.267. The van der Waals surface area contributed by atoms with E-state index in [0.29, 0.717) is 5.69 Å². The first kappa shape index (κ1) is 13.6. The lowest BCUT2D eigenvalue weighted by Crippen LogP contribution is -2.30. The molecule has 4 heteroatoms. The van der Waals surface area contributed by atoms with Crippen molar-refractivity contribution in [2.75, 3.05) is 0 Å². The lowest BCUT2D eigenvalue weighted by Gasteiger charge is -2.17. The predicted octanol–water partition coefficient (Wildman–Crippen LogP) is 2.73. The third-order valence-electron chi connectivity index (χ3n) is 3.05. The number of nitrogens with zero attached hydrogens (tertiary/aromatic N) is 1. The zero-order valence-electron chi connectivity index (χ0n) is 10.9. The second kappa shape index (κ2) is 6.41. The predicted molar refractivity (Wildman–Crippen MR) is 73.8 cm³/mol. The van der Waals surface area contributed by atoms with Gasteiger partial charge in [-0.05, 0) is 29.7 Å². The van der Waals surface area contributed by atoms with Crippen LogP contribution in [0.3, 0.4) is 0 Å². The fourth-order valence-electron chi connectivity index (χ4n) is 2.16. The number of benzene rings is 1. The average molecular weight is 259 g/mol. The van der Waals surface area contributed by atoms with Gasteiger partial charge in [0.2, 0.25) is 0 Å². The number of pyridine rings is 1. The van der Waals surface area contributed by atoms with Crippen LogP contribution in [0.5, 0.6) is 0 Å². The maximum absolute atomic E-state index is 13.8. The average Bonchev–Trinajstić information content (AvgIpc) is 2.43. The first-order chi connectivity index (χ1) is 9.26. The Balaban J connectivity index is 2.37. The Morgan fingerprint density at radius 3 is 2.84 bits per heavy atom. The first-order valence-corrected chi connectivity index (χ1v) is 6.41. The number of hydrogen-bond acceptors (Lipinski definition) is 3. The molecule has 0 amide bonds. The topological polar surface area (TPSA) is 50.9 Å². The van der Waals surface area contributed by atoms with E-state index in [9.17, 15) is 4.39 Å². The van der Waals surface area contributed by atoms with Gasteiger partial charge in [-0.2, -0.15) is 0 Å². The van der Waals surface area contributed by atoms with Crippen molar-refractivity contribution in [1.29, 1.82) is 0 Å².